The zero-order valence-electron chi connectivity index (χ0n) is 13.0. The van der Waals surface area contributed by atoms with E-state index in [1.165, 1.54) is 4.88 Å². The summed E-state index contributed by atoms with van der Waals surface area (Å²) >= 11 is 1.73. The fraction of sp³-hybridized carbons (Fsp3) is 0.750. The summed E-state index contributed by atoms with van der Waals surface area (Å²) in [5.74, 6) is 0.274. The van der Waals surface area contributed by atoms with E-state index in [1.807, 2.05) is 11.8 Å². The van der Waals surface area contributed by atoms with Crippen molar-refractivity contribution in [2.75, 3.05) is 13.2 Å². The first-order valence-electron chi connectivity index (χ1n) is 7.99. The zero-order chi connectivity index (χ0) is 14.9. The lowest BCUT2D eigenvalue weighted by Crippen LogP contribution is -2.32. The zero-order valence-corrected chi connectivity index (χ0v) is 13.8. The second kappa shape index (κ2) is 6.05. The first kappa shape index (κ1) is 15.0. The van der Waals surface area contributed by atoms with Gasteiger partial charge < -0.3 is 9.64 Å². The highest BCUT2D eigenvalue weighted by molar-refractivity contribution is 7.11. The lowest BCUT2D eigenvalue weighted by Gasteiger charge is -2.26. The fourth-order valence-corrected chi connectivity index (χ4v) is 4.52. The van der Waals surface area contributed by atoms with Crippen molar-refractivity contribution in [2.45, 2.75) is 64.5 Å². The average molecular weight is 308 g/mol. The molecule has 5 heteroatoms. The minimum atomic E-state index is -0.0123. The lowest BCUT2D eigenvalue weighted by molar-refractivity contribution is -0.131. The first-order chi connectivity index (χ1) is 10.1. The van der Waals surface area contributed by atoms with Crippen LogP contribution in [0.3, 0.4) is 0 Å². The van der Waals surface area contributed by atoms with Gasteiger partial charge in [0.2, 0.25) is 5.91 Å². The Morgan fingerprint density at radius 3 is 2.95 bits per heavy atom. The molecule has 0 saturated carbocycles. The van der Waals surface area contributed by atoms with E-state index in [9.17, 15) is 4.79 Å². The molecule has 21 heavy (non-hydrogen) atoms. The van der Waals surface area contributed by atoms with Crippen LogP contribution in [-0.2, 0) is 22.5 Å². The van der Waals surface area contributed by atoms with Crippen LogP contribution in [0.2, 0.25) is 0 Å². The molecule has 0 radical (unpaired) electrons. The van der Waals surface area contributed by atoms with Gasteiger partial charge in [0.1, 0.15) is 0 Å². The van der Waals surface area contributed by atoms with Crippen molar-refractivity contribution in [2.24, 2.45) is 0 Å². The molecule has 3 heterocycles. The highest BCUT2D eigenvalue weighted by atomic mass is 32.1. The summed E-state index contributed by atoms with van der Waals surface area (Å²) in [7, 11) is 0. The molecule has 2 saturated heterocycles. The Morgan fingerprint density at radius 1 is 1.38 bits per heavy atom. The van der Waals surface area contributed by atoms with E-state index in [0.717, 1.165) is 62.5 Å². The number of likely N-dealkylation sites (tertiary alicyclic amines) is 1. The Morgan fingerprint density at radius 2 is 2.24 bits per heavy atom. The summed E-state index contributed by atoms with van der Waals surface area (Å²) in [4.78, 5) is 20.3. The van der Waals surface area contributed by atoms with Crippen LogP contribution in [0.15, 0.2) is 0 Å². The van der Waals surface area contributed by atoms with Crippen molar-refractivity contribution in [3.05, 3.63) is 15.6 Å². The molecule has 1 spiro atoms. The molecule has 3 rings (SSSR count). The maximum atomic E-state index is 12.4. The van der Waals surface area contributed by atoms with Crippen LogP contribution in [0.5, 0.6) is 0 Å². The van der Waals surface area contributed by atoms with Crippen molar-refractivity contribution in [3.63, 3.8) is 0 Å². The largest absolute Gasteiger partial charge is 0.375 e. The third-order valence-electron chi connectivity index (χ3n) is 4.72. The van der Waals surface area contributed by atoms with Gasteiger partial charge in [-0.3, -0.25) is 4.79 Å². The fourth-order valence-electron chi connectivity index (χ4n) is 3.48. The van der Waals surface area contributed by atoms with Crippen LogP contribution in [0.1, 0.15) is 54.6 Å². The van der Waals surface area contributed by atoms with Gasteiger partial charge in [-0.25, -0.2) is 4.98 Å². The Labute approximate surface area is 130 Å². The molecule has 116 valence electrons. The predicted octanol–water partition coefficient (Wildman–Crippen LogP) is 3.08. The highest BCUT2D eigenvalue weighted by Gasteiger charge is 2.38. The lowest BCUT2D eigenvalue weighted by atomic mass is 9.92. The molecule has 1 aromatic heterocycles. The molecular formula is C16H24N2O2S. The van der Waals surface area contributed by atoms with Crippen LogP contribution in [0.4, 0.5) is 0 Å². The van der Waals surface area contributed by atoms with E-state index in [1.54, 1.807) is 11.3 Å². The van der Waals surface area contributed by atoms with Crippen LogP contribution < -0.4 is 0 Å². The van der Waals surface area contributed by atoms with Crippen molar-refractivity contribution >= 4 is 17.2 Å². The van der Waals surface area contributed by atoms with Crippen LogP contribution in [0, 0.1) is 6.92 Å². The number of ether oxygens (including phenoxy) is 1. The maximum Gasteiger partial charge on any atom is 0.223 e. The van der Waals surface area contributed by atoms with Gasteiger partial charge in [-0.1, -0.05) is 6.92 Å². The quantitative estimate of drug-likeness (QED) is 0.862. The second-order valence-electron chi connectivity index (χ2n) is 6.16. The molecule has 1 amide bonds. The number of aromatic nitrogens is 1. The van der Waals surface area contributed by atoms with Crippen LogP contribution >= 0.6 is 11.3 Å². The molecule has 2 aliphatic heterocycles. The minimum absolute atomic E-state index is 0.0123. The van der Waals surface area contributed by atoms with Crippen molar-refractivity contribution in [3.8, 4) is 0 Å². The van der Waals surface area contributed by atoms with Gasteiger partial charge in [-0.2, -0.15) is 0 Å². The van der Waals surface area contributed by atoms with E-state index in [2.05, 4.69) is 11.9 Å². The first-order valence-corrected chi connectivity index (χ1v) is 8.80. The summed E-state index contributed by atoms with van der Waals surface area (Å²) in [5, 5.41) is 1.10. The van der Waals surface area contributed by atoms with Crippen molar-refractivity contribution in [1.82, 2.24) is 9.88 Å². The molecular weight excluding hydrogens is 284 g/mol. The third kappa shape index (κ3) is 3.14. The van der Waals surface area contributed by atoms with Gasteiger partial charge in [-0.05, 0) is 39.0 Å². The smallest absolute Gasteiger partial charge is 0.223 e. The molecule has 2 fully saturated rings. The van der Waals surface area contributed by atoms with Crippen LogP contribution in [0.25, 0.3) is 0 Å². The molecule has 2 aliphatic rings. The molecule has 0 aromatic carbocycles. The van der Waals surface area contributed by atoms with Crippen molar-refractivity contribution < 1.29 is 9.53 Å². The highest BCUT2D eigenvalue weighted by Crippen LogP contribution is 2.36. The second-order valence-corrected chi connectivity index (χ2v) is 7.44. The Hall–Kier alpha value is -0.940. The van der Waals surface area contributed by atoms with E-state index in [0.29, 0.717) is 6.42 Å². The van der Waals surface area contributed by atoms with E-state index >= 15 is 0 Å². The SMILES string of the molecule is CCc1nc(C)sc1CN1CC[C@@]2(CCCO2)CCC1=O. The van der Waals surface area contributed by atoms with Gasteiger partial charge in [0.25, 0.3) is 0 Å². The maximum absolute atomic E-state index is 12.4. The molecule has 0 bridgehead atoms. The van der Waals surface area contributed by atoms with Gasteiger partial charge in [0.15, 0.2) is 0 Å². The molecule has 1 atom stereocenters. The van der Waals surface area contributed by atoms with E-state index in [-0.39, 0.29) is 11.5 Å². The van der Waals surface area contributed by atoms with E-state index in [4.69, 9.17) is 4.74 Å². The van der Waals surface area contributed by atoms with Gasteiger partial charge in [0, 0.05) is 24.4 Å². The number of rotatable bonds is 3. The topological polar surface area (TPSA) is 42.4 Å². The standard InChI is InChI=1S/C16H24N2O2S/c1-3-13-14(21-12(2)17-13)11-18-9-8-16(6-4-10-20-16)7-5-15(18)19/h3-11H2,1-2H3/t16-/m1/s1. The summed E-state index contributed by atoms with van der Waals surface area (Å²) in [6, 6.07) is 0. The number of carbonyl (C=O) groups excluding carboxylic acids is 1. The van der Waals surface area contributed by atoms with Gasteiger partial charge >= 0.3 is 0 Å². The number of thiazole rings is 1. The molecule has 4 nitrogen and oxygen atoms in total. The summed E-state index contributed by atoms with van der Waals surface area (Å²) in [5.41, 5.74) is 1.14. The minimum Gasteiger partial charge on any atom is -0.375 e. The number of aryl methyl sites for hydroxylation is 2. The monoisotopic (exact) mass is 308 g/mol. The molecule has 1 aromatic rings. The number of hydrogen-bond donors (Lipinski definition) is 0. The number of nitrogens with zero attached hydrogens (tertiary/aromatic N) is 2. The summed E-state index contributed by atoms with van der Waals surface area (Å²) in [6.45, 7) is 6.58. The van der Waals surface area contributed by atoms with Crippen molar-refractivity contribution in [1.29, 1.82) is 0 Å². The average Bonchev–Trinajstić information content (AvgIpc) is 3.04. The normalized spacial score (nSPS) is 26.6. The van der Waals surface area contributed by atoms with Gasteiger partial charge in [-0.15, -0.1) is 11.3 Å². The molecule has 0 N–H and O–H groups in total. The summed E-state index contributed by atoms with van der Waals surface area (Å²) in [6.07, 6.45) is 5.70. The Kier molecular flexibility index (Phi) is 4.31. The van der Waals surface area contributed by atoms with Gasteiger partial charge in [0.05, 0.1) is 22.8 Å². The summed E-state index contributed by atoms with van der Waals surface area (Å²) < 4.78 is 5.97. The Balaban J connectivity index is 1.71. The number of amides is 1. The number of hydrogen-bond acceptors (Lipinski definition) is 4. The van der Waals surface area contributed by atoms with Crippen LogP contribution in [-0.4, -0.2) is 34.5 Å². The van der Waals surface area contributed by atoms with E-state index < -0.39 is 0 Å². The third-order valence-corrected chi connectivity index (χ3v) is 5.72. The predicted molar refractivity (Wildman–Crippen MR) is 83.4 cm³/mol. The molecule has 0 aliphatic carbocycles. The Bertz CT molecular complexity index is 520. The number of carbonyl (C=O) groups is 1. The molecule has 0 unspecified atom stereocenters.